The van der Waals surface area contributed by atoms with Crippen molar-refractivity contribution in [3.05, 3.63) is 53.1 Å². The van der Waals surface area contributed by atoms with E-state index in [9.17, 15) is 5.26 Å². The van der Waals surface area contributed by atoms with Gasteiger partial charge in [-0.2, -0.15) is 10.2 Å². The lowest BCUT2D eigenvalue weighted by Crippen LogP contribution is -2.27. The van der Waals surface area contributed by atoms with Crippen LogP contribution in [-0.2, 0) is 6.42 Å². The van der Waals surface area contributed by atoms with E-state index in [1.54, 1.807) is 12.1 Å². The van der Waals surface area contributed by atoms with Crippen molar-refractivity contribution < 1.29 is 14.4 Å². The molecule has 1 atom stereocenters. The maximum Gasteiger partial charge on any atom is 0.258 e. The summed E-state index contributed by atoms with van der Waals surface area (Å²) in [4.78, 5) is 4.62. The van der Waals surface area contributed by atoms with Gasteiger partial charge in [0.25, 0.3) is 5.89 Å². The Kier molecular flexibility index (Phi) is 6.31. The van der Waals surface area contributed by atoms with Gasteiger partial charge in [-0.1, -0.05) is 23.4 Å². The lowest BCUT2D eigenvalue weighted by molar-refractivity contribution is 0.241. The molecule has 2 N–H and O–H groups in total. The van der Waals surface area contributed by atoms with E-state index in [2.05, 4.69) is 27.6 Å². The van der Waals surface area contributed by atoms with Crippen LogP contribution in [0.3, 0.4) is 0 Å². The number of fused-ring (bicyclic) bond motifs is 1. The lowest BCUT2D eigenvalue weighted by atomic mass is 9.84. The maximum atomic E-state index is 9.49. The average molecular weight is 418 g/mol. The van der Waals surface area contributed by atoms with E-state index in [0.717, 1.165) is 24.8 Å². The molecule has 0 spiro atoms. The zero-order chi connectivity index (χ0) is 21.8. The number of hydrogen-bond donors (Lipinski definition) is 2. The molecule has 4 rings (SSSR count). The number of aliphatic hydroxyl groups is 1. The van der Waals surface area contributed by atoms with Crippen molar-refractivity contribution in [2.75, 3.05) is 13.2 Å². The minimum absolute atomic E-state index is 0.0205. The first-order chi connectivity index (χ1) is 15.1. The fourth-order valence-corrected chi connectivity index (χ4v) is 4.07. The van der Waals surface area contributed by atoms with Crippen LogP contribution in [0.5, 0.6) is 5.75 Å². The van der Waals surface area contributed by atoms with Gasteiger partial charge >= 0.3 is 0 Å². The SMILES string of the molecule is CC(C)Oc1ccc(-c2nc(-c3cccc4c3CCC[C@H]4NCCO)no2)cc1C#N. The molecule has 0 radical (unpaired) electrons. The topological polar surface area (TPSA) is 104 Å². The lowest BCUT2D eigenvalue weighted by Gasteiger charge is -2.27. The molecule has 0 unspecified atom stereocenters. The first-order valence-corrected chi connectivity index (χ1v) is 10.6. The number of nitrogens with one attached hydrogen (secondary N) is 1. The molecule has 7 heteroatoms. The minimum Gasteiger partial charge on any atom is -0.490 e. The number of ether oxygens (including phenoxy) is 1. The molecule has 3 aromatic rings. The quantitative estimate of drug-likeness (QED) is 0.597. The van der Waals surface area contributed by atoms with Crippen molar-refractivity contribution in [3.8, 4) is 34.7 Å². The second kappa shape index (κ2) is 9.29. The summed E-state index contributed by atoms with van der Waals surface area (Å²) in [5.41, 5.74) is 4.52. The molecule has 1 aliphatic rings. The predicted molar refractivity (Wildman–Crippen MR) is 116 cm³/mol. The molecule has 0 fully saturated rings. The summed E-state index contributed by atoms with van der Waals surface area (Å²) in [7, 11) is 0. The fraction of sp³-hybridized carbons (Fsp3) is 0.375. The Hall–Kier alpha value is -3.21. The van der Waals surface area contributed by atoms with E-state index in [1.807, 2.05) is 32.0 Å². The Labute approximate surface area is 181 Å². The molecule has 1 aliphatic carbocycles. The highest BCUT2D eigenvalue weighted by Crippen LogP contribution is 2.36. The largest absolute Gasteiger partial charge is 0.490 e. The van der Waals surface area contributed by atoms with Gasteiger partial charge in [0, 0.05) is 23.7 Å². The molecule has 0 saturated carbocycles. The van der Waals surface area contributed by atoms with Crippen LogP contribution in [-0.4, -0.2) is 34.5 Å². The maximum absolute atomic E-state index is 9.49. The van der Waals surface area contributed by atoms with Crippen molar-refractivity contribution in [2.24, 2.45) is 0 Å². The summed E-state index contributed by atoms with van der Waals surface area (Å²) in [5, 5.41) is 26.3. The number of rotatable bonds is 7. The van der Waals surface area contributed by atoms with E-state index in [4.69, 9.17) is 14.4 Å². The van der Waals surface area contributed by atoms with Gasteiger partial charge in [-0.05, 0) is 62.4 Å². The van der Waals surface area contributed by atoms with Gasteiger partial charge in [-0.25, -0.2) is 0 Å². The molecular weight excluding hydrogens is 392 g/mol. The summed E-state index contributed by atoms with van der Waals surface area (Å²) < 4.78 is 11.2. The predicted octanol–water partition coefficient (Wildman–Crippen LogP) is 4.02. The van der Waals surface area contributed by atoms with Crippen molar-refractivity contribution in [1.82, 2.24) is 15.5 Å². The van der Waals surface area contributed by atoms with Crippen LogP contribution in [0.4, 0.5) is 0 Å². The highest BCUT2D eigenvalue weighted by atomic mass is 16.5. The number of nitrogens with zero attached hydrogens (tertiary/aromatic N) is 3. The van der Waals surface area contributed by atoms with E-state index in [1.165, 1.54) is 11.1 Å². The molecule has 0 saturated heterocycles. The van der Waals surface area contributed by atoms with Gasteiger partial charge in [-0.15, -0.1) is 0 Å². The molecule has 0 aliphatic heterocycles. The highest BCUT2D eigenvalue weighted by molar-refractivity contribution is 5.66. The third-order valence-corrected chi connectivity index (χ3v) is 5.39. The first-order valence-electron chi connectivity index (χ1n) is 10.6. The van der Waals surface area contributed by atoms with Crippen LogP contribution in [0.1, 0.15) is 49.4 Å². The van der Waals surface area contributed by atoms with Crippen LogP contribution < -0.4 is 10.1 Å². The van der Waals surface area contributed by atoms with Crippen LogP contribution in [0.25, 0.3) is 22.8 Å². The van der Waals surface area contributed by atoms with E-state index < -0.39 is 0 Å². The standard InChI is InChI=1S/C24H26N4O3/c1-15(2)30-22-10-9-16(13-17(22)14-25)24-27-23(28-31-24)20-7-3-6-19-18(20)5-4-8-21(19)26-11-12-29/h3,6-7,9-10,13,15,21,26,29H,4-5,8,11-12H2,1-2H3/t21-/m1/s1. The van der Waals surface area contributed by atoms with Gasteiger partial charge in [0.15, 0.2) is 0 Å². The Morgan fingerprint density at radius 1 is 1.32 bits per heavy atom. The van der Waals surface area contributed by atoms with Crippen LogP contribution in [0.2, 0.25) is 0 Å². The zero-order valence-corrected chi connectivity index (χ0v) is 17.8. The van der Waals surface area contributed by atoms with Crippen molar-refractivity contribution >= 4 is 0 Å². The summed E-state index contributed by atoms with van der Waals surface area (Å²) in [6, 6.07) is 13.8. The molecule has 0 bridgehead atoms. The second-order valence-electron chi connectivity index (χ2n) is 7.91. The third kappa shape index (κ3) is 4.46. The van der Waals surface area contributed by atoms with E-state index >= 15 is 0 Å². The molecule has 7 nitrogen and oxygen atoms in total. The summed E-state index contributed by atoms with van der Waals surface area (Å²) in [6.07, 6.45) is 3.02. The Morgan fingerprint density at radius 2 is 2.19 bits per heavy atom. The summed E-state index contributed by atoms with van der Waals surface area (Å²) in [5.74, 6) is 1.45. The van der Waals surface area contributed by atoms with Crippen molar-refractivity contribution in [3.63, 3.8) is 0 Å². The van der Waals surface area contributed by atoms with Gasteiger partial charge in [0.2, 0.25) is 5.82 Å². The van der Waals surface area contributed by atoms with E-state index in [0.29, 0.717) is 35.1 Å². The Morgan fingerprint density at radius 3 is 2.97 bits per heavy atom. The molecule has 160 valence electrons. The van der Waals surface area contributed by atoms with Gasteiger partial charge in [-0.3, -0.25) is 0 Å². The van der Waals surface area contributed by atoms with Crippen molar-refractivity contribution in [2.45, 2.75) is 45.3 Å². The third-order valence-electron chi connectivity index (χ3n) is 5.39. The number of nitriles is 1. The fourth-order valence-electron chi connectivity index (χ4n) is 4.07. The molecule has 1 heterocycles. The second-order valence-corrected chi connectivity index (χ2v) is 7.91. The normalized spacial score (nSPS) is 15.5. The highest BCUT2D eigenvalue weighted by Gasteiger charge is 2.24. The first kappa shape index (κ1) is 21.0. The number of aliphatic hydroxyl groups excluding tert-OH is 1. The number of hydrogen-bond acceptors (Lipinski definition) is 7. The van der Waals surface area contributed by atoms with Gasteiger partial charge in [0.05, 0.1) is 18.3 Å². The molecular formula is C24H26N4O3. The Balaban J connectivity index is 1.65. The summed E-state index contributed by atoms with van der Waals surface area (Å²) >= 11 is 0. The zero-order valence-electron chi connectivity index (χ0n) is 17.8. The van der Waals surface area contributed by atoms with Gasteiger partial charge in [0.1, 0.15) is 11.8 Å². The minimum atomic E-state index is -0.0205. The smallest absolute Gasteiger partial charge is 0.258 e. The molecule has 1 aromatic heterocycles. The molecule has 0 amide bonds. The number of benzene rings is 2. The molecule has 31 heavy (non-hydrogen) atoms. The average Bonchev–Trinajstić information content (AvgIpc) is 3.27. The van der Waals surface area contributed by atoms with Crippen LogP contribution >= 0.6 is 0 Å². The molecule has 2 aromatic carbocycles. The van der Waals surface area contributed by atoms with Gasteiger partial charge < -0.3 is 19.7 Å². The number of aromatic nitrogens is 2. The van der Waals surface area contributed by atoms with E-state index in [-0.39, 0.29) is 18.8 Å². The Bertz CT molecular complexity index is 1100. The van der Waals surface area contributed by atoms with Crippen molar-refractivity contribution in [1.29, 1.82) is 5.26 Å². The van der Waals surface area contributed by atoms with Crippen LogP contribution in [0, 0.1) is 11.3 Å². The summed E-state index contributed by atoms with van der Waals surface area (Å²) in [6.45, 7) is 4.53. The monoisotopic (exact) mass is 418 g/mol. The van der Waals surface area contributed by atoms with Crippen LogP contribution in [0.15, 0.2) is 40.9 Å².